The molecule has 1 aromatic heterocycles. The normalized spacial score (nSPS) is 16.7. The van der Waals surface area contributed by atoms with Gasteiger partial charge in [0, 0.05) is 56.6 Å². The number of ether oxygens (including phenoxy) is 1. The van der Waals surface area contributed by atoms with Gasteiger partial charge in [-0.15, -0.1) is 0 Å². The highest BCUT2D eigenvalue weighted by molar-refractivity contribution is 6.30. The van der Waals surface area contributed by atoms with Crippen molar-refractivity contribution in [3.05, 3.63) is 51.8 Å². The van der Waals surface area contributed by atoms with Crippen LogP contribution in [0.2, 0.25) is 5.02 Å². The van der Waals surface area contributed by atoms with Gasteiger partial charge in [-0.1, -0.05) is 23.7 Å². The number of aromatic nitrogens is 2. The average Bonchev–Trinajstić information content (AvgIpc) is 2.97. The fourth-order valence-corrected chi connectivity index (χ4v) is 3.92. The molecule has 7 nitrogen and oxygen atoms in total. The molecule has 1 saturated heterocycles. The molecule has 8 heteroatoms. The first-order valence-electron chi connectivity index (χ1n) is 10.0. The molecule has 1 unspecified atom stereocenters. The number of nitrogens with zero attached hydrogens (tertiary/aromatic N) is 4. The molecule has 1 atom stereocenters. The molecule has 29 heavy (non-hydrogen) atoms. The number of guanidine groups is 1. The zero-order valence-electron chi connectivity index (χ0n) is 17.7. The molecule has 1 aliphatic rings. The predicted molar refractivity (Wildman–Crippen MR) is 117 cm³/mol. The monoisotopic (exact) mass is 418 g/mol. The third-order valence-electron chi connectivity index (χ3n) is 5.50. The van der Waals surface area contributed by atoms with Crippen LogP contribution in [0.1, 0.15) is 28.6 Å². The quantitative estimate of drug-likeness (QED) is 0.557. The molecule has 1 aliphatic heterocycles. The lowest BCUT2D eigenvalue weighted by Gasteiger charge is -2.35. The Labute approximate surface area is 178 Å². The van der Waals surface area contributed by atoms with Gasteiger partial charge in [0.05, 0.1) is 24.9 Å². The van der Waals surface area contributed by atoms with Gasteiger partial charge in [0.25, 0.3) is 0 Å². The third kappa shape index (κ3) is 5.50. The lowest BCUT2D eigenvalue weighted by molar-refractivity contribution is 0.0170. The number of aryl methyl sites for hydroxylation is 2. The summed E-state index contributed by atoms with van der Waals surface area (Å²) in [4.78, 5) is 6.83. The fraction of sp³-hybridized carbons (Fsp3) is 0.524. The van der Waals surface area contributed by atoms with Crippen molar-refractivity contribution in [1.29, 1.82) is 0 Å². The molecular weight excluding hydrogens is 388 g/mol. The number of aliphatic imine (C=N–C) groups is 1. The Morgan fingerprint density at radius 2 is 2.03 bits per heavy atom. The van der Waals surface area contributed by atoms with E-state index in [0.29, 0.717) is 6.54 Å². The molecule has 1 fully saturated rings. The van der Waals surface area contributed by atoms with Crippen molar-refractivity contribution < 1.29 is 4.74 Å². The van der Waals surface area contributed by atoms with E-state index in [4.69, 9.17) is 16.3 Å². The second kappa shape index (κ2) is 10.1. The van der Waals surface area contributed by atoms with Gasteiger partial charge < -0.3 is 15.4 Å². The van der Waals surface area contributed by atoms with Crippen LogP contribution >= 0.6 is 11.6 Å². The van der Waals surface area contributed by atoms with Gasteiger partial charge >= 0.3 is 0 Å². The van der Waals surface area contributed by atoms with Crippen LogP contribution in [-0.4, -0.2) is 60.5 Å². The highest BCUT2D eigenvalue weighted by atomic mass is 35.5. The number of halogens is 1. The molecule has 3 rings (SSSR count). The van der Waals surface area contributed by atoms with Gasteiger partial charge in [0.1, 0.15) is 0 Å². The Bertz CT molecular complexity index is 844. The standard InChI is InChI=1S/C21H31ClN6O/c1-15-19(16(2)27(4)26-15)13-24-21(23-3)25-14-20(28-8-10-29-11-9-28)17-6-5-7-18(22)12-17/h5-7,12,20H,8-11,13-14H2,1-4H3,(H2,23,24,25). The van der Waals surface area contributed by atoms with Crippen molar-refractivity contribution in [1.82, 2.24) is 25.3 Å². The van der Waals surface area contributed by atoms with Crippen molar-refractivity contribution in [2.24, 2.45) is 12.0 Å². The van der Waals surface area contributed by atoms with E-state index in [1.807, 2.05) is 36.9 Å². The van der Waals surface area contributed by atoms with Crippen molar-refractivity contribution in [2.75, 3.05) is 39.9 Å². The maximum atomic E-state index is 6.26. The van der Waals surface area contributed by atoms with Crippen LogP contribution in [0.5, 0.6) is 0 Å². The summed E-state index contributed by atoms with van der Waals surface area (Å²) in [5, 5.41) is 12.1. The first-order chi connectivity index (χ1) is 14.0. The van der Waals surface area contributed by atoms with E-state index in [0.717, 1.165) is 55.2 Å². The van der Waals surface area contributed by atoms with Gasteiger partial charge in [-0.2, -0.15) is 5.10 Å². The summed E-state index contributed by atoms with van der Waals surface area (Å²) in [5.74, 6) is 0.771. The van der Waals surface area contributed by atoms with E-state index in [-0.39, 0.29) is 6.04 Å². The van der Waals surface area contributed by atoms with Crippen LogP contribution in [0.15, 0.2) is 29.3 Å². The molecule has 2 N–H and O–H groups in total. The molecule has 0 saturated carbocycles. The summed E-state index contributed by atoms with van der Waals surface area (Å²) in [6.07, 6.45) is 0. The van der Waals surface area contributed by atoms with E-state index in [1.54, 1.807) is 7.05 Å². The minimum absolute atomic E-state index is 0.193. The SMILES string of the molecule is CN=C(NCc1c(C)nn(C)c1C)NCC(c1cccc(Cl)c1)N1CCOCC1. The highest BCUT2D eigenvalue weighted by Gasteiger charge is 2.23. The van der Waals surface area contributed by atoms with Gasteiger partial charge in [-0.05, 0) is 31.5 Å². The minimum atomic E-state index is 0.193. The first kappa shape index (κ1) is 21.6. The largest absolute Gasteiger partial charge is 0.379 e. The van der Waals surface area contributed by atoms with E-state index in [2.05, 4.69) is 38.6 Å². The smallest absolute Gasteiger partial charge is 0.191 e. The Kier molecular flexibility index (Phi) is 7.52. The van der Waals surface area contributed by atoms with E-state index in [1.165, 1.54) is 11.1 Å². The van der Waals surface area contributed by atoms with Crippen molar-refractivity contribution in [2.45, 2.75) is 26.4 Å². The Balaban J connectivity index is 1.66. The molecule has 1 aromatic carbocycles. The van der Waals surface area contributed by atoms with Crippen molar-refractivity contribution >= 4 is 17.6 Å². The topological polar surface area (TPSA) is 66.7 Å². The van der Waals surface area contributed by atoms with E-state index >= 15 is 0 Å². The summed E-state index contributed by atoms with van der Waals surface area (Å²) in [5.41, 5.74) is 4.60. The number of hydrogen-bond donors (Lipinski definition) is 2. The summed E-state index contributed by atoms with van der Waals surface area (Å²) < 4.78 is 7.45. The second-order valence-electron chi connectivity index (χ2n) is 7.30. The van der Waals surface area contributed by atoms with Gasteiger partial charge in [-0.25, -0.2) is 0 Å². The van der Waals surface area contributed by atoms with Crippen LogP contribution in [0.4, 0.5) is 0 Å². The Morgan fingerprint density at radius 1 is 1.28 bits per heavy atom. The maximum absolute atomic E-state index is 6.26. The van der Waals surface area contributed by atoms with Crippen molar-refractivity contribution in [3.63, 3.8) is 0 Å². The van der Waals surface area contributed by atoms with Crippen LogP contribution in [0.25, 0.3) is 0 Å². The molecule has 0 aliphatic carbocycles. The number of benzene rings is 1. The number of hydrogen-bond acceptors (Lipinski definition) is 4. The van der Waals surface area contributed by atoms with Gasteiger partial charge in [0.2, 0.25) is 0 Å². The van der Waals surface area contributed by atoms with Gasteiger partial charge in [0.15, 0.2) is 5.96 Å². The molecular formula is C21H31ClN6O. The Hall–Kier alpha value is -2.09. The summed E-state index contributed by atoms with van der Waals surface area (Å²) >= 11 is 6.26. The number of rotatable bonds is 6. The predicted octanol–water partition coefficient (Wildman–Crippen LogP) is 2.43. The molecule has 0 spiro atoms. The maximum Gasteiger partial charge on any atom is 0.191 e. The van der Waals surface area contributed by atoms with Gasteiger partial charge in [-0.3, -0.25) is 14.6 Å². The highest BCUT2D eigenvalue weighted by Crippen LogP contribution is 2.24. The van der Waals surface area contributed by atoms with Crippen LogP contribution in [0, 0.1) is 13.8 Å². The van der Waals surface area contributed by atoms with Crippen LogP contribution in [-0.2, 0) is 18.3 Å². The summed E-state index contributed by atoms with van der Waals surface area (Å²) in [7, 11) is 3.76. The van der Waals surface area contributed by atoms with Crippen LogP contribution in [0.3, 0.4) is 0 Å². The second-order valence-corrected chi connectivity index (χ2v) is 7.74. The molecule has 0 bridgehead atoms. The lowest BCUT2D eigenvalue weighted by Crippen LogP contribution is -2.46. The minimum Gasteiger partial charge on any atom is -0.379 e. The lowest BCUT2D eigenvalue weighted by atomic mass is 10.0. The van der Waals surface area contributed by atoms with Crippen molar-refractivity contribution in [3.8, 4) is 0 Å². The third-order valence-corrected chi connectivity index (χ3v) is 5.73. The molecule has 2 aromatic rings. The number of nitrogens with one attached hydrogen (secondary N) is 2. The molecule has 0 radical (unpaired) electrons. The molecule has 2 heterocycles. The summed E-state index contributed by atoms with van der Waals surface area (Å²) in [6.45, 7) is 8.84. The zero-order chi connectivity index (χ0) is 20.8. The van der Waals surface area contributed by atoms with E-state index in [9.17, 15) is 0 Å². The fourth-order valence-electron chi connectivity index (χ4n) is 3.72. The van der Waals surface area contributed by atoms with Crippen LogP contribution < -0.4 is 10.6 Å². The molecule has 0 amide bonds. The number of morpholine rings is 1. The first-order valence-corrected chi connectivity index (χ1v) is 10.4. The van der Waals surface area contributed by atoms with E-state index < -0.39 is 0 Å². The Morgan fingerprint density at radius 3 is 2.66 bits per heavy atom. The zero-order valence-corrected chi connectivity index (χ0v) is 18.5. The average molecular weight is 419 g/mol. The molecule has 158 valence electrons. The summed E-state index contributed by atoms with van der Waals surface area (Å²) in [6, 6.07) is 8.28.